The van der Waals surface area contributed by atoms with Crippen molar-refractivity contribution in [3.63, 3.8) is 0 Å². The minimum absolute atomic E-state index is 0.101. The van der Waals surface area contributed by atoms with Crippen molar-refractivity contribution in [2.45, 2.75) is 52.4 Å². The molecule has 1 saturated heterocycles. The van der Waals surface area contributed by atoms with Gasteiger partial charge < -0.3 is 0 Å². The first-order valence-corrected chi connectivity index (χ1v) is 20.9. The molecule has 8 heteroatoms. The van der Waals surface area contributed by atoms with E-state index < -0.39 is 55.7 Å². The summed E-state index contributed by atoms with van der Waals surface area (Å²) in [6.45, 7) is 2.86. The van der Waals surface area contributed by atoms with Gasteiger partial charge in [-0.05, 0) is 0 Å². The maximum absolute atomic E-state index is 11.3. The fourth-order valence-electron chi connectivity index (χ4n) is 3.20. The molecule has 1 N–H and O–H groups in total. The van der Waals surface area contributed by atoms with E-state index in [0.29, 0.717) is 12.8 Å². The number of hydrogen-bond donors (Lipinski definition) is 1. The van der Waals surface area contributed by atoms with E-state index in [2.05, 4.69) is 0 Å². The second kappa shape index (κ2) is 10.3. The normalized spacial score (nSPS) is 25.4. The van der Waals surface area contributed by atoms with E-state index in [1.807, 2.05) is 30.3 Å². The van der Waals surface area contributed by atoms with Crippen LogP contribution in [0.25, 0.3) is 0 Å². The third kappa shape index (κ3) is 7.23. The fourth-order valence-corrected chi connectivity index (χ4v) is 11.0. The summed E-state index contributed by atoms with van der Waals surface area (Å²) in [5, 5.41) is 11.3. The molecule has 130 valence electrons. The molecule has 1 aromatic carbocycles. The molecule has 0 aromatic heterocycles. The molecule has 0 spiro atoms. The minimum atomic E-state index is -1.79. The van der Waals surface area contributed by atoms with Gasteiger partial charge in [-0.15, -0.1) is 0 Å². The number of aliphatic hydroxyl groups is 1. The van der Waals surface area contributed by atoms with Crippen molar-refractivity contribution in [3.8, 4) is 0 Å². The molecule has 0 saturated carbocycles. The number of carbonyl (C=O) groups is 2. The first-order chi connectivity index (χ1) is 11.9. The second-order valence-electron chi connectivity index (χ2n) is 6.44. The Balaban J connectivity index is 2.04. The predicted octanol–water partition coefficient (Wildman–Crippen LogP) is 2.38. The van der Waals surface area contributed by atoms with Crippen LogP contribution in [0.3, 0.4) is 0 Å². The average Bonchev–Trinajstić information content (AvgIpc) is 2.54. The van der Waals surface area contributed by atoms with Crippen LogP contribution in [0, 0.1) is 0 Å². The quantitative estimate of drug-likeness (QED) is 0.436. The van der Waals surface area contributed by atoms with E-state index in [4.69, 9.17) is 10.0 Å². The van der Waals surface area contributed by atoms with Gasteiger partial charge in [-0.1, -0.05) is 0 Å². The van der Waals surface area contributed by atoms with Crippen LogP contribution in [0.1, 0.15) is 32.3 Å². The van der Waals surface area contributed by atoms with E-state index in [9.17, 15) is 14.7 Å². The Morgan fingerprint density at radius 3 is 2.00 bits per heavy atom. The molecule has 1 aromatic rings. The Morgan fingerprint density at radius 2 is 1.56 bits per heavy atom. The van der Waals surface area contributed by atoms with Crippen LogP contribution >= 0.6 is 0 Å². The molecule has 0 aliphatic carbocycles. The summed E-state index contributed by atoms with van der Waals surface area (Å²) in [6, 6.07) is 9.64. The molecule has 2 rings (SSSR count). The summed E-state index contributed by atoms with van der Waals surface area (Å²) >= 11 is -3.58. The molecule has 0 bridgehead atoms. The van der Waals surface area contributed by atoms with Gasteiger partial charge in [-0.3, -0.25) is 0 Å². The van der Waals surface area contributed by atoms with Crippen molar-refractivity contribution in [1.29, 1.82) is 0 Å². The van der Waals surface area contributed by atoms with Crippen LogP contribution in [0.4, 0.5) is 0 Å². The Bertz CT molecular complexity index is 552. The van der Waals surface area contributed by atoms with Crippen LogP contribution < -0.4 is 0 Å². The first kappa shape index (κ1) is 21.3. The molecule has 1 heterocycles. The summed E-state index contributed by atoms with van der Waals surface area (Å²) < 4.78 is 18.1. The van der Waals surface area contributed by atoms with Crippen molar-refractivity contribution in [3.05, 3.63) is 35.9 Å². The zero-order valence-corrected chi connectivity index (χ0v) is 25.8. The zero-order chi connectivity index (χ0) is 18.3. The fraction of sp³-hybridized carbons (Fsp3) is 0.529. The van der Waals surface area contributed by atoms with E-state index in [1.54, 1.807) is 0 Å². The van der Waals surface area contributed by atoms with E-state index >= 15 is 0 Å². The second-order valence-corrected chi connectivity index (χ2v) is 16.4. The van der Waals surface area contributed by atoms with Gasteiger partial charge in [0.1, 0.15) is 0 Å². The number of ether oxygens (including phenoxy) is 1. The van der Waals surface area contributed by atoms with Crippen LogP contribution in [-0.4, -0.2) is 29.3 Å². The van der Waals surface area contributed by atoms with Gasteiger partial charge in [0.25, 0.3) is 0 Å². The van der Waals surface area contributed by atoms with Crippen LogP contribution in [0.15, 0.2) is 30.3 Å². The molecule has 25 heavy (non-hydrogen) atoms. The van der Waals surface area contributed by atoms with Crippen molar-refractivity contribution in [2.24, 2.45) is 0 Å². The zero-order valence-electron chi connectivity index (χ0n) is 14.8. The van der Waals surface area contributed by atoms with Crippen LogP contribution in [0.2, 0.25) is 7.86 Å². The van der Waals surface area contributed by atoms with Crippen molar-refractivity contribution in [2.75, 3.05) is 0 Å². The third-order valence-electron chi connectivity index (χ3n) is 4.32. The van der Waals surface area contributed by atoms with Crippen molar-refractivity contribution >= 4 is 11.9 Å². The molecule has 0 amide bonds. The molecule has 1 aliphatic heterocycles. The first-order valence-electron chi connectivity index (χ1n) is 8.59. The molecule has 2 atom stereocenters. The average molecular weight is 724 g/mol. The molecule has 6 nitrogen and oxygen atoms in total. The molecule has 1 aliphatic rings. The van der Waals surface area contributed by atoms with E-state index in [1.165, 1.54) is 13.8 Å². The Kier molecular flexibility index (Phi) is 8.78. The monoisotopic (exact) mass is 726 g/mol. The predicted molar refractivity (Wildman–Crippen MR) is 81.4 cm³/mol. The number of carbonyl (C=O) groups excluding carboxylic acids is 2. The maximum atomic E-state index is 11.3. The van der Waals surface area contributed by atoms with Crippen LogP contribution in [-0.2, 0) is 75.3 Å². The molecular formula is C17H22Hg2O6. The van der Waals surface area contributed by atoms with Gasteiger partial charge in [0.15, 0.2) is 0 Å². The molecule has 1 fully saturated rings. The Hall–Kier alpha value is -0.0499. The van der Waals surface area contributed by atoms with Gasteiger partial charge in [0, 0.05) is 0 Å². The van der Waals surface area contributed by atoms with Gasteiger partial charge in [-0.25, -0.2) is 0 Å². The Morgan fingerprint density at radius 1 is 1.08 bits per heavy atom. The summed E-state index contributed by atoms with van der Waals surface area (Å²) in [5.74, 6) is -0.446. The molecule has 0 radical (unpaired) electrons. The number of benzene rings is 1. The number of rotatable bonds is 7. The van der Waals surface area contributed by atoms with Gasteiger partial charge in [0.05, 0.1) is 0 Å². The summed E-state index contributed by atoms with van der Waals surface area (Å²) in [6.07, 6.45) is 0.824. The van der Waals surface area contributed by atoms with Crippen molar-refractivity contribution < 1.29 is 74.8 Å². The molecular weight excluding hydrogens is 701 g/mol. The SMILES string of the molecule is CC(=O)[O][Hg][CH2]C1CC(O)(c2ccccc2)CC([CH2][Hg][O]C(C)=O)O1. The van der Waals surface area contributed by atoms with Gasteiger partial charge in [0.2, 0.25) is 0 Å². The summed E-state index contributed by atoms with van der Waals surface area (Å²) in [5.41, 5.74) is -0.0511. The van der Waals surface area contributed by atoms with Crippen LogP contribution in [0.5, 0.6) is 0 Å². The van der Waals surface area contributed by atoms with E-state index in [0.717, 1.165) is 13.4 Å². The Labute approximate surface area is 173 Å². The topological polar surface area (TPSA) is 82.1 Å². The summed E-state index contributed by atoms with van der Waals surface area (Å²) in [4.78, 5) is 22.0. The number of hydrogen-bond acceptors (Lipinski definition) is 6. The van der Waals surface area contributed by atoms with Crippen molar-refractivity contribution in [1.82, 2.24) is 0 Å². The summed E-state index contributed by atoms with van der Waals surface area (Å²) in [7, 11) is 0. The van der Waals surface area contributed by atoms with Gasteiger partial charge >= 0.3 is 175 Å². The van der Waals surface area contributed by atoms with Gasteiger partial charge in [-0.2, -0.15) is 0 Å². The van der Waals surface area contributed by atoms with E-state index in [-0.39, 0.29) is 24.1 Å². The third-order valence-corrected chi connectivity index (χ3v) is 15.9. The standard InChI is InChI=1S/C13H16O2.2C2H4O2.2Hg/c1-10-8-13(14,9-11(2)15-10)12-6-4-3-5-7-12;2*1-2(3)4;;/h3-7,10-11,14H,1-2,8-9H2;2*1H3,(H,3,4);;/q;;;2*+1/p-2. The molecule has 2 unspecified atom stereocenters.